The van der Waals surface area contributed by atoms with Crippen molar-refractivity contribution in [2.45, 2.75) is 106 Å². The van der Waals surface area contributed by atoms with E-state index in [0.29, 0.717) is 16.8 Å². The predicted molar refractivity (Wildman–Crippen MR) is 233 cm³/mol. The molecule has 0 radical (unpaired) electrons. The zero-order valence-corrected chi connectivity index (χ0v) is 37.2. The molecule has 2 aromatic rings. The third kappa shape index (κ3) is 8.16. The van der Waals surface area contributed by atoms with Gasteiger partial charge in [0.25, 0.3) is 11.7 Å². The average molecular weight is 856 g/mol. The molecule has 332 valence electrons. The molecule has 0 spiro atoms. The number of aryl methyl sites for hydroxylation is 1. The number of fused-ring (bicyclic) bond motifs is 2. The van der Waals surface area contributed by atoms with Gasteiger partial charge in [0.1, 0.15) is 29.0 Å². The van der Waals surface area contributed by atoms with Gasteiger partial charge >= 0.3 is 11.8 Å². The summed E-state index contributed by atoms with van der Waals surface area (Å²) < 4.78 is 31.6. The van der Waals surface area contributed by atoms with Crippen molar-refractivity contribution in [1.29, 1.82) is 0 Å². The summed E-state index contributed by atoms with van der Waals surface area (Å²) in [4.78, 5) is 61.0. The first-order valence-electron chi connectivity index (χ1n) is 20.8. The standard InChI is InChI=1S/C47H57N3O12/c1-21(2)60-29-16-17-30-31(20-29)50(11)38-36(48-30)33-34-41(54)27(8)44-35(33)45(56)47(10,62-44)59-19-18-32(58-12)24(5)43(61-28(9)51)26(7)40(53)25(6)39(52)22(3)14-13-15-23(4)46(57)49-37(38)42(34)55/h13-22,24-26,32,39-40,43,52-54H,1-12H3,(H,49,57)/b14-13+,19-18+,23-15-/t22-,24+,25+,26+,32-,39-,40+,43+,47-/m0/s1. The summed E-state index contributed by atoms with van der Waals surface area (Å²) in [5.74, 6) is -6.33. The summed E-state index contributed by atoms with van der Waals surface area (Å²) in [6, 6.07) is 5.25. The van der Waals surface area contributed by atoms with Crippen LogP contribution in [0.15, 0.2) is 59.1 Å². The molecule has 0 saturated carbocycles. The van der Waals surface area contributed by atoms with Gasteiger partial charge in [-0.25, -0.2) is 4.98 Å². The van der Waals surface area contributed by atoms with Crippen LogP contribution in [0.4, 0.5) is 5.69 Å². The first kappa shape index (κ1) is 45.7. The molecule has 0 fully saturated rings. The number of hydrogen-bond donors (Lipinski definition) is 4. The quantitative estimate of drug-likeness (QED) is 0.0987. The van der Waals surface area contributed by atoms with Crippen molar-refractivity contribution >= 4 is 45.2 Å². The number of ether oxygens (including phenoxy) is 5. The number of esters is 1. The third-order valence-electron chi connectivity index (χ3n) is 12.2. The normalized spacial score (nSPS) is 29.3. The van der Waals surface area contributed by atoms with Crippen LogP contribution in [0, 0.1) is 30.6 Å². The molecule has 0 aromatic heterocycles. The van der Waals surface area contributed by atoms with E-state index in [0.717, 1.165) is 0 Å². The van der Waals surface area contributed by atoms with Gasteiger partial charge in [0, 0.05) is 74.3 Å². The Morgan fingerprint density at radius 1 is 1.00 bits per heavy atom. The number of amides is 1. The van der Waals surface area contributed by atoms with Crippen molar-refractivity contribution in [2.75, 3.05) is 12.4 Å². The largest absolute Gasteiger partial charge is 0.507 e. The molecule has 4 aliphatic rings. The number of carbonyl (C=O) groups excluding carboxylic acids is 3. The molecular formula is C47H57N3O12. The number of anilines is 1. The number of allylic oxidation sites excluding steroid dienone is 2. The predicted octanol–water partition coefficient (Wildman–Crippen LogP) is 6.48. The smallest absolute Gasteiger partial charge is 0.312 e. The molecule has 3 aliphatic heterocycles. The maximum atomic E-state index is 14.8. The van der Waals surface area contributed by atoms with Gasteiger partial charge in [-0.1, -0.05) is 45.9 Å². The van der Waals surface area contributed by atoms with Crippen LogP contribution in [-0.4, -0.2) is 85.9 Å². The second-order valence-electron chi connectivity index (χ2n) is 17.0. The van der Waals surface area contributed by atoms with E-state index < -0.39 is 82.7 Å². The Labute approximate surface area is 360 Å². The van der Waals surface area contributed by atoms with E-state index in [1.807, 2.05) is 13.8 Å². The number of hydrogen-bond acceptors (Lipinski definition) is 13. The zero-order chi connectivity index (χ0) is 45.7. The van der Waals surface area contributed by atoms with Crippen LogP contribution in [0.3, 0.4) is 0 Å². The molecule has 15 heteroatoms. The van der Waals surface area contributed by atoms with Crippen molar-refractivity contribution in [1.82, 2.24) is 9.55 Å². The SMILES string of the molecule is CO[C@H]1/C=C/O[C@@]2(C)Oc3c(C)c(O)c4c(=O)c(c5n(C)c6cc(OC(C)C)ccc6nc-5c4c3C2=O)NC(=O)/C(C)=C\C=C\[C@H](C)[C@H](O)[C@@H](C)[C@@H](O)[C@@H](C)[C@H](OC(C)=O)[C@@H]1C. The number of rotatable bonds is 4. The fourth-order valence-electron chi connectivity index (χ4n) is 8.58. The van der Waals surface area contributed by atoms with Crippen LogP contribution in [-0.2, 0) is 30.8 Å². The van der Waals surface area contributed by atoms with Gasteiger partial charge in [-0.15, -0.1) is 0 Å². The molecule has 62 heavy (non-hydrogen) atoms. The van der Waals surface area contributed by atoms with E-state index in [1.165, 1.54) is 46.3 Å². The van der Waals surface area contributed by atoms with Crippen LogP contribution in [0.1, 0.15) is 78.2 Å². The first-order chi connectivity index (χ1) is 29.1. The topological polar surface area (TPSA) is 205 Å². The average Bonchev–Trinajstić information content (AvgIpc) is 3.48. The van der Waals surface area contributed by atoms with E-state index in [2.05, 4.69) is 5.32 Å². The highest BCUT2D eigenvalue weighted by Gasteiger charge is 2.50. The number of aromatic hydroxyl groups is 1. The highest BCUT2D eigenvalue weighted by Crippen LogP contribution is 2.50. The summed E-state index contributed by atoms with van der Waals surface area (Å²) in [6.45, 7) is 16.5. The number of methoxy groups -OCH3 is 1. The van der Waals surface area contributed by atoms with Crippen molar-refractivity contribution in [3.8, 4) is 28.6 Å². The Morgan fingerprint density at radius 3 is 2.34 bits per heavy atom. The molecule has 4 bridgehead atoms. The second kappa shape index (κ2) is 17.5. The molecule has 1 amide bonds. The lowest BCUT2D eigenvalue weighted by molar-refractivity contribution is -0.160. The number of nitrogens with zero attached hydrogens (tertiary/aromatic N) is 2. The van der Waals surface area contributed by atoms with Gasteiger partial charge in [-0.2, -0.15) is 0 Å². The number of aliphatic hydroxyl groups is 2. The summed E-state index contributed by atoms with van der Waals surface area (Å²) in [5.41, 5.74) is 0.566. The number of aliphatic hydroxyl groups excluding tert-OH is 2. The molecule has 15 nitrogen and oxygen atoms in total. The summed E-state index contributed by atoms with van der Waals surface area (Å²) in [6.07, 6.45) is 3.58. The number of carbonyl (C=O) groups is 3. The molecule has 3 heterocycles. The van der Waals surface area contributed by atoms with Crippen molar-refractivity contribution in [3.63, 3.8) is 0 Å². The van der Waals surface area contributed by atoms with Crippen LogP contribution >= 0.6 is 0 Å². The number of benzene rings is 3. The van der Waals surface area contributed by atoms with E-state index in [-0.39, 0.29) is 56.4 Å². The zero-order valence-electron chi connectivity index (χ0n) is 37.2. The van der Waals surface area contributed by atoms with Gasteiger partial charge in [0.15, 0.2) is 0 Å². The highest BCUT2D eigenvalue weighted by molar-refractivity contribution is 6.22. The van der Waals surface area contributed by atoms with Gasteiger partial charge < -0.3 is 48.9 Å². The fourth-order valence-corrected chi connectivity index (χ4v) is 8.58. The van der Waals surface area contributed by atoms with Gasteiger partial charge in [-0.05, 0) is 45.9 Å². The number of Topliss-reactive ketones (excluding diaryl/α,β-unsaturated/α-hetero) is 1. The van der Waals surface area contributed by atoms with Crippen LogP contribution in [0.2, 0.25) is 0 Å². The molecule has 9 atom stereocenters. The number of nitrogens with one attached hydrogen (secondary N) is 1. The Hall–Kier alpha value is -5.77. The molecular weight excluding hydrogens is 799 g/mol. The number of phenols is 1. The summed E-state index contributed by atoms with van der Waals surface area (Å²) in [7, 11) is 3.15. The number of ketones is 1. The monoisotopic (exact) mass is 855 g/mol. The Bertz CT molecular complexity index is 2560. The maximum Gasteiger partial charge on any atom is 0.312 e. The second-order valence-corrected chi connectivity index (χ2v) is 17.0. The Morgan fingerprint density at radius 2 is 1.69 bits per heavy atom. The van der Waals surface area contributed by atoms with Crippen molar-refractivity contribution < 1.29 is 53.4 Å². The maximum absolute atomic E-state index is 14.8. The lowest BCUT2D eigenvalue weighted by atomic mass is 9.78. The van der Waals surface area contributed by atoms with E-state index in [9.17, 15) is 34.5 Å². The highest BCUT2D eigenvalue weighted by atomic mass is 16.7. The minimum absolute atomic E-state index is 0.00833. The molecule has 6 rings (SSSR count). The number of aromatic nitrogens is 2. The molecule has 0 saturated heterocycles. The van der Waals surface area contributed by atoms with E-state index in [1.54, 1.807) is 76.6 Å². The first-order valence-corrected chi connectivity index (χ1v) is 20.8. The molecule has 2 aromatic carbocycles. The van der Waals surface area contributed by atoms with Crippen LogP contribution in [0.25, 0.3) is 33.2 Å². The lowest BCUT2D eigenvalue weighted by Gasteiger charge is -2.38. The molecule has 0 unspecified atom stereocenters. The number of phenolic OH excluding ortho intramolecular Hbond substituents is 1. The van der Waals surface area contributed by atoms with E-state index >= 15 is 0 Å². The van der Waals surface area contributed by atoms with Crippen molar-refractivity contribution in [2.24, 2.45) is 30.7 Å². The minimum Gasteiger partial charge on any atom is -0.507 e. The van der Waals surface area contributed by atoms with Gasteiger partial charge in [0.2, 0.25) is 5.43 Å². The Balaban J connectivity index is 1.62. The molecule has 1 aliphatic carbocycles. The lowest BCUT2D eigenvalue weighted by Crippen LogP contribution is -2.46. The van der Waals surface area contributed by atoms with Crippen LogP contribution in [0.5, 0.6) is 17.2 Å². The minimum atomic E-state index is -2.01. The molecule has 4 N–H and O–H groups in total. The van der Waals surface area contributed by atoms with Gasteiger partial charge in [-0.3, -0.25) is 19.2 Å². The van der Waals surface area contributed by atoms with E-state index in [4.69, 9.17) is 28.7 Å². The fraction of sp³-hybridized carbons (Fsp3) is 0.468. The summed E-state index contributed by atoms with van der Waals surface area (Å²) in [5, 5.41) is 37.3. The summed E-state index contributed by atoms with van der Waals surface area (Å²) >= 11 is 0. The van der Waals surface area contributed by atoms with Gasteiger partial charge in [0.05, 0.1) is 64.0 Å². The van der Waals surface area contributed by atoms with Crippen LogP contribution < -0.4 is 20.2 Å². The Kier molecular flexibility index (Phi) is 12.9. The van der Waals surface area contributed by atoms with Crippen molar-refractivity contribution in [3.05, 3.63) is 75.7 Å². The third-order valence-corrected chi connectivity index (χ3v) is 12.2.